The first-order chi connectivity index (χ1) is 17.3. The number of halogens is 1. The van der Waals surface area contributed by atoms with Crippen LogP contribution in [0.15, 0.2) is 30.6 Å². The van der Waals surface area contributed by atoms with Crippen LogP contribution >= 0.6 is 0 Å². The third-order valence-electron chi connectivity index (χ3n) is 8.27. The highest BCUT2D eigenvalue weighted by Crippen LogP contribution is 2.58. The van der Waals surface area contributed by atoms with Gasteiger partial charge in [0.05, 0.1) is 29.7 Å². The molecule has 2 aromatic heterocycles. The maximum Gasteiger partial charge on any atom is 0.185 e. The second-order valence-electron chi connectivity index (χ2n) is 11.3. The fourth-order valence-corrected chi connectivity index (χ4v) is 6.58. The van der Waals surface area contributed by atoms with E-state index < -0.39 is 6.17 Å². The van der Waals surface area contributed by atoms with Gasteiger partial charge in [-0.15, -0.1) is 15.3 Å². The Hall–Kier alpha value is -3.61. The summed E-state index contributed by atoms with van der Waals surface area (Å²) in [7, 11) is 0. The highest BCUT2D eigenvalue weighted by molar-refractivity contribution is 5.66. The molecular formula is C26H29FN8O. The van der Waals surface area contributed by atoms with Crippen LogP contribution in [0, 0.1) is 22.2 Å². The molecule has 3 saturated carbocycles. The molecule has 0 spiro atoms. The number of phenols is 1. The molecule has 1 aromatic carbocycles. The van der Waals surface area contributed by atoms with E-state index in [1.165, 1.54) is 16.9 Å². The van der Waals surface area contributed by atoms with Gasteiger partial charge in [0.15, 0.2) is 17.3 Å². The number of rotatable bonds is 5. The van der Waals surface area contributed by atoms with Crippen LogP contribution in [-0.4, -0.2) is 53.5 Å². The Kier molecular flexibility index (Phi) is 5.21. The lowest BCUT2D eigenvalue weighted by Crippen LogP contribution is -2.58. The molecule has 36 heavy (non-hydrogen) atoms. The molecule has 0 unspecified atom stereocenters. The zero-order valence-corrected chi connectivity index (χ0v) is 20.5. The van der Waals surface area contributed by atoms with Crippen molar-refractivity contribution in [2.75, 3.05) is 4.90 Å². The van der Waals surface area contributed by atoms with E-state index in [4.69, 9.17) is 5.26 Å². The Bertz CT molecular complexity index is 1330. The van der Waals surface area contributed by atoms with Gasteiger partial charge in [0.25, 0.3) is 0 Å². The summed E-state index contributed by atoms with van der Waals surface area (Å²) >= 11 is 0. The van der Waals surface area contributed by atoms with Crippen LogP contribution in [0.25, 0.3) is 17.1 Å². The summed E-state index contributed by atoms with van der Waals surface area (Å²) in [6.45, 7) is 4.43. The summed E-state index contributed by atoms with van der Waals surface area (Å²) in [4.78, 5) is 6.66. The van der Waals surface area contributed by atoms with E-state index in [1.807, 2.05) is 6.07 Å². The average molecular weight is 489 g/mol. The summed E-state index contributed by atoms with van der Waals surface area (Å²) in [6.07, 6.45) is 9.22. The minimum atomic E-state index is -0.914. The SMILES string of the molecule is C[C@]12CCC[C@](C)(C1)[C@H](F)[C@H](N(c1cnc(-c3ccc(-n4cc(C#N)nn4)cc3O)nn1)C1CC1)C2. The van der Waals surface area contributed by atoms with Crippen molar-refractivity contribution in [3.8, 4) is 28.9 Å². The summed E-state index contributed by atoms with van der Waals surface area (Å²) in [6, 6.07) is 6.89. The van der Waals surface area contributed by atoms with Crippen molar-refractivity contribution in [2.24, 2.45) is 10.8 Å². The summed E-state index contributed by atoms with van der Waals surface area (Å²) in [5.74, 6) is 0.842. The number of hydrogen-bond acceptors (Lipinski definition) is 8. The van der Waals surface area contributed by atoms with Crippen LogP contribution in [-0.2, 0) is 0 Å². The molecule has 9 nitrogen and oxygen atoms in total. The van der Waals surface area contributed by atoms with Crippen LogP contribution < -0.4 is 4.90 Å². The van der Waals surface area contributed by atoms with Crippen molar-refractivity contribution < 1.29 is 9.50 Å². The first-order valence-corrected chi connectivity index (χ1v) is 12.6. The van der Waals surface area contributed by atoms with Gasteiger partial charge in [-0.05, 0) is 56.1 Å². The quantitative estimate of drug-likeness (QED) is 0.563. The van der Waals surface area contributed by atoms with E-state index in [0.29, 0.717) is 17.1 Å². The van der Waals surface area contributed by atoms with Crippen LogP contribution in [0.1, 0.15) is 64.5 Å². The molecule has 0 radical (unpaired) electrons. The van der Waals surface area contributed by atoms with E-state index in [2.05, 4.69) is 44.2 Å². The van der Waals surface area contributed by atoms with Gasteiger partial charge in [-0.1, -0.05) is 25.5 Å². The fraction of sp³-hybridized carbons (Fsp3) is 0.538. The Labute approximate surface area is 209 Å². The largest absolute Gasteiger partial charge is 0.507 e. The Morgan fingerprint density at radius 3 is 2.69 bits per heavy atom. The number of alkyl halides is 1. The minimum Gasteiger partial charge on any atom is -0.507 e. The van der Waals surface area contributed by atoms with Crippen molar-refractivity contribution >= 4 is 5.82 Å². The molecule has 4 atom stereocenters. The first kappa shape index (κ1) is 22.8. The molecule has 3 fully saturated rings. The second-order valence-corrected chi connectivity index (χ2v) is 11.3. The number of aromatic hydroxyl groups is 1. The molecule has 3 aromatic rings. The lowest BCUT2D eigenvalue weighted by molar-refractivity contribution is -0.0554. The number of nitriles is 1. The summed E-state index contributed by atoms with van der Waals surface area (Å²) in [5.41, 5.74) is 1.01. The zero-order valence-electron chi connectivity index (χ0n) is 20.5. The molecule has 186 valence electrons. The van der Waals surface area contributed by atoms with Crippen LogP contribution in [0.4, 0.5) is 10.2 Å². The van der Waals surface area contributed by atoms with Gasteiger partial charge in [0, 0.05) is 17.5 Å². The van der Waals surface area contributed by atoms with E-state index >= 15 is 4.39 Å². The van der Waals surface area contributed by atoms with Crippen molar-refractivity contribution in [1.82, 2.24) is 30.2 Å². The third kappa shape index (κ3) is 3.87. The second kappa shape index (κ2) is 8.22. The van der Waals surface area contributed by atoms with Gasteiger partial charge in [0.2, 0.25) is 0 Å². The molecule has 3 aliphatic carbocycles. The van der Waals surface area contributed by atoms with Crippen molar-refractivity contribution in [3.05, 3.63) is 36.3 Å². The molecule has 6 rings (SSSR count). The zero-order chi connectivity index (χ0) is 25.1. The van der Waals surface area contributed by atoms with Gasteiger partial charge in [-0.3, -0.25) is 0 Å². The van der Waals surface area contributed by atoms with E-state index in [9.17, 15) is 5.11 Å². The number of phenolic OH excluding ortho intramolecular Hbond substituents is 1. The van der Waals surface area contributed by atoms with Crippen LogP contribution in [0.2, 0.25) is 0 Å². The lowest BCUT2D eigenvalue weighted by atomic mass is 9.54. The normalized spacial score (nSPS) is 29.5. The Morgan fingerprint density at radius 2 is 2.03 bits per heavy atom. The number of anilines is 1. The van der Waals surface area contributed by atoms with E-state index in [-0.39, 0.29) is 40.2 Å². The van der Waals surface area contributed by atoms with Crippen molar-refractivity contribution in [1.29, 1.82) is 5.26 Å². The standard InChI is InChI=1S/C26H29FN8O/c1-25-8-3-9-26(2,15-25)23(27)20(11-25)35(17-4-5-17)22-13-29-24(32-31-22)19-7-6-18(10-21(19)36)34-14-16(12-28)30-33-34/h6-7,10,13-14,17,20,23,36H,3-5,8-9,11,15H2,1-2H3/t20-,23-,25-,26-/m1/s1. The maximum atomic E-state index is 16.0. The molecule has 0 aliphatic heterocycles. The highest BCUT2D eigenvalue weighted by Gasteiger charge is 2.56. The van der Waals surface area contributed by atoms with Crippen molar-refractivity contribution in [2.45, 2.75) is 77.0 Å². The molecule has 10 heteroatoms. The number of hydrogen-bond donors (Lipinski definition) is 1. The minimum absolute atomic E-state index is 0.0418. The third-order valence-corrected chi connectivity index (χ3v) is 8.27. The molecule has 3 aliphatic rings. The summed E-state index contributed by atoms with van der Waals surface area (Å²) in [5, 5.41) is 36.0. The van der Waals surface area contributed by atoms with Gasteiger partial charge in [-0.25, -0.2) is 14.1 Å². The molecule has 2 heterocycles. The van der Waals surface area contributed by atoms with E-state index in [1.54, 1.807) is 18.3 Å². The number of nitrogens with zero attached hydrogens (tertiary/aromatic N) is 8. The monoisotopic (exact) mass is 488 g/mol. The van der Waals surface area contributed by atoms with Crippen LogP contribution in [0.3, 0.4) is 0 Å². The van der Waals surface area contributed by atoms with Gasteiger partial charge in [0.1, 0.15) is 18.0 Å². The number of benzene rings is 1. The molecule has 0 saturated heterocycles. The molecule has 2 bridgehead atoms. The molecule has 1 N–H and O–H groups in total. The maximum absolute atomic E-state index is 16.0. The fourth-order valence-electron chi connectivity index (χ4n) is 6.58. The highest BCUT2D eigenvalue weighted by atomic mass is 19.1. The first-order valence-electron chi connectivity index (χ1n) is 12.6. The number of aromatic nitrogens is 6. The van der Waals surface area contributed by atoms with E-state index in [0.717, 1.165) is 44.9 Å². The summed E-state index contributed by atoms with van der Waals surface area (Å²) < 4.78 is 17.4. The van der Waals surface area contributed by atoms with Gasteiger partial charge in [-0.2, -0.15) is 5.26 Å². The van der Waals surface area contributed by atoms with Crippen LogP contribution in [0.5, 0.6) is 5.75 Å². The predicted molar refractivity (Wildman–Crippen MR) is 130 cm³/mol. The molecular weight excluding hydrogens is 459 g/mol. The van der Waals surface area contributed by atoms with Gasteiger partial charge < -0.3 is 10.0 Å². The average Bonchev–Trinajstić information content (AvgIpc) is 3.57. The van der Waals surface area contributed by atoms with Gasteiger partial charge >= 0.3 is 0 Å². The number of fused-ring (bicyclic) bond motifs is 2. The van der Waals surface area contributed by atoms with Crippen molar-refractivity contribution in [3.63, 3.8) is 0 Å². The Morgan fingerprint density at radius 1 is 1.19 bits per heavy atom. The smallest absolute Gasteiger partial charge is 0.185 e. The Balaban J connectivity index is 1.28. The molecule has 0 amide bonds. The topological polar surface area (TPSA) is 117 Å². The predicted octanol–water partition coefficient (Wildman–Crippen LogP) is 4.36. The lowest BCUT2D eigenvalue weighted by Gasteiger charge is -2.56.